The third-order valence-corrected chi connectivity index (χ3v) is 3.27. The number of hydrogen-bond donors (Lipinski definition) is 1. The first kappa shape index (κ1) is 15.9. The molecule has 2 heterocycles. The van der Waals surface area contributed by atoms with Crippen LogP contribution in [0, 0.1) is 0 Å². The molecule has 1 N–H and O–H groups in total. The maximum absolute atomic E-state index is 5.26. The number of methoxy groups -OCH3 is 2. The number of aromatic nitrogens is 4. The van der Waals surface area contributed by atoms with Crippen LogP contribution >= 0.6 is 0 Å². The van der Waals surface area contributed by atoms with Crippen LogP contribution in [0.5, 0.6) is 5.75 Å². The van der Waals surface area contributed by atoms with Gasteiger partial charge in [0.1, 0.15) is 11.6 Å². The summed E-state index contributed by atoms with van der Waals surface area (Å²) in [5.41, 5.74) is 1.34. The molecule has 0 fully saturated rings. The van der Waals surface area contributed by atoms with E-state index in [1.54, 1.807) is 26.4 Å². The highest BCUT2D eigenvalue weighted by atomic mass is 16.5. The first-order chi connectivity index (χ1) is 11.8. The molecule has 0 aliphatic carbocycles. The Morgan fingerprint density at radius 2 is 1.88 bits per heavy atom. The summed E-state index contributed by atoms with van der Waals surface area (Å²) in [6, 6.07) is 11.0. The van der Waals surface area contributed by atoms with Crippen LogP contribution in [0.3, 0.4) is 0 Å². The van der Waals surface area contributed by atoms with E-state index in [1.165, 1.54) is 0 Å². The smallest absolute Gasteiger partial charge is 0.278 e. The van der Waals surface area contributed by atoms with Crippen LogP contribution in [0.4, 0.5) is 5.82 Å². The predicted molar refractivity (Wildman–Crippen MR) is 87.7 cm³/mol. The molecule has 124 valence electrons. The maximum Gasteiger partial charge on any atom is 0.278 e. The Hall–Kier alpha value is -3.00. The Kier molecular flexibility index (Phi) is 4.97. The molecular formula is C16H17N5O3. The molecule has 0 unspecified atom stereocenters. The van der Waals surface area contributed by atoms with Crippen molar-refractivity contribution in [1.82, 2.24) is 20.3 Å². The number of rotatable bonds is 7. The van der Waals surface area contributed by atoms with Crippen molar-refractivity contribution in [2.45, 2.75) is 0 Å². The highest BCUT2D eigenvalue weighted by Gasteiger charge is 2.12. The number of ether oxygens (including phenoxy) is 2. The van der Waals surface area contributed by atoms with Gasteiger partial charge in [0.05, 0.1) is 13.7 Å². The average molecular weight is 327 g/mol. The summed E-state index contributed by atoms with van der Waals surface area (Å²) in [6.07, 6.45) is 0. The van der Waals surface area contributed by atoms with Crippen molar-refractivity contribution in [3.05, 3.63) is 36.4 Å². The summed E-state index contributed by atoms with van der Waals surface area (Å²) in [5.74, 6) is 2.23. The summed E-state index contributed by atoms with van der Waals surface area (Å²) >= 11 is 0. The molecule has 24 heavy (non-hydrogen) atoms. The lowest BCUT2D eigenvalue weighted by atomic mass is 10.2. The van der Waals surface area contributed by atoms with E-state index in [0.29, 0.717) is 36.4 Å². The van der Waals surface area contributed by atoms with Crippen molar-refractivity contribution in [1.29, 1.82) is 0 Å². The molecular weight excluding hydrogens is 310 g/mol. The number of nitrogens with zero attached hydrogens (tertiary/aromatic N) is 4. The number of anilines is 1. The molecule has 2 aromatic heterocycles. The fourth-order valence-electron chi connectivity index (χ4n) is 2.01. The van der Waals surface area contributed by atoms with E-state index in [9.17, 15) is 0 Å². The predicted octanol–water partition coefficient (Wildman–Crippen LogP) is 2.26. The van der Waals surface area contributed by atoms with Gasteiger partial charge in [-0.1, -0.05) is 5.16 Å². The Bertz CT molecular complexity index is 771. The van der Waals surface area contributed by atoms with E-state index < -0.39 is 0 Å². The van der Waals surface area contributed by atoms with Crippen LogP contribution in [-0.2, 0) is 4.74 Å². The van der Waals surface area contributed by atoms with Gasteiger partial charge in [0.15, 0.2) is 5.69 Å². The molecule has 1 aromatic carbocycles. The molecule has 0 spiro atoms. The number of hydrogen-bond acceptors (Lipinski definition) is 8. The molecule has 0 atom stereocenters. The van der Waals surface area contributed by atoms with Gasteiger partial charge < -0.3 is 19.3 Å². The van der Waals surface area contributed by atoms with E-state index >= 15 is 0 Å². The van der Waals surface area contributed by atoms with Crippen molar-refractivity contribution < 1.29 is 14.0 Å². The van der Waals surface area contributed by atoms with Crippen molar-refractivity contribution >= 4 is 5.82 Å². The summed E-state index contributed by atoms with van der Waals surface area (Å²) in [7, 11) is 3.26. The van der Waals surface area contributed by atoms with E-state index in [1.807, 2.05) is 24.3 Å². The lowest BCUT2D eigenvalue weighted by Gasteiger charge is -2.03. The molecule has 0 aliphatic heterocycles. The summed E-state index contributed by atoms with van der Waals surface area (Å²) in [4.78, 5) is 4.35. The SMILES string of the molecule is COCCNc1ccc(-c2nc(-c3ccc(OC)cc3)no2)nn1. The van der Waals surface area contributed by atoms with Gasteiger partial charge in [-0.05, 0) is 36.4 Å². The fraction of sp³-hybridized carbons (Fsp3) is 0.250. The van der Waals surface area contributed by atoms with Crippen LogP contribution in [0.15, 0.2) is 40.9 Å². The van der Waals surface area contributed by atoms with Crippen LogP contribution in [0.25, 0.3) is 23.0 Å². The Labute approximate surface area is 138 Å². The van der Waals surface area contributed by atoms with E-state index in [2.05, 4.69) is 25.7 Å². The zero-order valence-electron chi connectivity index (χ0n) is 13.4. The number of nitrogens with one attached hydrogen (secondary N) is 1. The molecule has 8 nitrogen and oxygen atoms in total. The van der Waals surface area contributed by atoms with Gasteiger partial charge in [0, 0.05) is 19.2 Å². The zero-order chi connectivity index (χ0) is 16.8. The van der Waals surface area contributed by atoms with Crippen LogP contribution in [0.1, 0.15) is 0 Å². The maximum atomic E-state index is 5.26. The molecule has 0 aliphatic rings. The van der Waals surface area contributed by atoms with Gasteiger partial charge in [-0.3, -0.25) is 0 Å². The molecule has 3 rings (SSSR count). The molecule has 8 heteroatoms. The van der Waals surface area contributed by atoms with Gasteiger partial charge >= 0.3 is 0 Å². The molecule has 0 saturated heterocycles. The standard InChI is InChI=1S/C16H17N5O3/c1-22-10-9-17-14-8-7-13(19-20-14)16-18-15(21-24-16)11-3-5-12(23-2)6-4-11/h3-8H,9-10H2,1-2H3,(H,17,20). The lowest BCUT2D eigenvalue weighted by molar-refractivity contribution is 0.210. The quantitative estimate of drug-likeness (QED) is 0.660. The summed E-state index contributed by atoms with van der Waals surface area (Å²) in [5, 5.41) is 15.2. The van der Waals surface area contributed by atoms with E-state index in [4.69, 9.17) is 14.0 Å². The molecule has 0 radical (unpaired) electrons. The van der Waals surface area contributed by atoms with Crippen molar-refractivity contribution in [2.24, 2.45) is 0 Å². The normalized spacial score (nSPS) is 10.6. The van der Waals surface area contributed by atoms with E-state index in [-0.39, 0.29) is 0 Å². The van der Waals surface area contributed by atoms with Gasteiger partial charge in [0.2, 0.25) is 5.82 Å². The van der Waals surface area contributed by atoms with Crippen LogP contribution in [0.2, 0.25) is 0 Å². The van der Waals surface area contributed by atoms with Gasteiger partial charge in [0.25, 0.3) is 5.89 Å². The Morgan fingerprint density at radius 3 is 2.54 bits per heavy atom. The van der Waals surface area contributed by atoms with Crippen LogP contribution in [-0.4, -0.2) is 47.7 Å². The second-order valence-electron chi connectivity index (χ2n) is 4.88. The minimum absolute atomic E-state index is 0.316. The number of benzene rings is 1. The molecule has 0 amide bonds. The zero-order valence-corrected chi connectivity index (χ0v) is 13.4. The van der Waals surface area contributed by atoms with Crippen molar-refractivity contribution in [2.75, 3.05) is 32.7 Å². The molecule has 3 aromatic rings. The molecule has 0 bridgehead atoms. The molecule has 0 saturated carbocycles. The minimum atomic E-state index is 0.316. The second-order valence-corrected chi connectivity index (χ2v) is 4.88. The average Bonchev–Trinajstić information content (AvgIpc) is 3.13. The largest absolute Gasteiger partial charge is 0.497 e. The minimum Gasteiger partial charge on any atom is -0.497 e. The highest BCUT2D eigenvalue weighted by molar-refractivity contribution is 5.59. The summed E-state index contributed by atoms with van der Waals surface area (Å²) in [6.45, 7) is 1.25. The van der Waals surface area contributed by atoms with Crippen molar-refractivity contribution in [3.63, 3.8) is 0 Å². The van der Waals surface area contributed by atoms with Gasteiger partial charge in [-0.25, -0.2) is 0 Å². The topological polar surface area (TPSA) is 95.2 Å². The van der Waals surface area contributed by atoms with Gasteiger partial charge in [-0.15, -0.1) is 10.2 Å². The Morgan fingerprint density at radius 1 is 1.04 bits per heavy atom. The second kappa shape index (κ2) is 7.51. The third-order valence-electron chi connectivity index (χ3n) is 3.27. The fourth-order valence-corrected chi connectivity index (χ4v) is 2.01. The van der Waals surface area contributed by atoms with E-state index in [0.717, 1.165) is 11.3 Å². The first-order valence-electron chi connectivity index (χ1n) is 7.35. The van der Waals surface area contributed by atoms with Crippen LogP contribution < -0.4 is 10.1 Å². The lowest BCUT2D eigenvalue weighted by Crippen LogP contribution is -2.09. The van der Waals surface area contributed by atoms with Gasteiger partial charge in [-0.2, -0.15) is 4.98 Å². The third kappa shape index (κ3) is 3.66. The Balaban J connectivity index is 1.72. The summed E-state index contributed by atoms with van der Waals surface area (Å²) < 4.78 is 15.4. The first-order valence-corrected chi connectivity index (χ1v) is 7.35. The monoisotopic (exact) mass is 327 g/mol. The van der Waals surface area contributed by atoms with Crippen molar-refractivity contribution in [3.8, 4) is 28.7 Å². The highest BCUT2D eigenvalue weighted by Crippen LogP contribution is 2.22.